The molecule has 0 heterocycles. The van der Waals surface area contributed by atoms with Crippen LogP contribution in [0.15, 0.2) is 0 Å². The van der Waals surface area contributed by atoms with Crippen LogP contribution in [0, 0.1) is 5.92 Å². The second-order valence-electron chi connectivity index (χ2n) is 5.77. The zero-order valence-corrected chi connectivity index (χ0v) is 10.7. The highest BCUT2D eigenvalue weighted by molar-refractivity contribution is 5.74. The molecule has 2 unspecified atom stereocenters. The van der Waals surface area contributed by atoms with Gasteiger partial charge in [-0.05, 0) is 31.6 Å². The molecule has 0 bridgehead atoms. The molecule has 0 aromatic rings. The molecule has 4 nitrogen and oxygen atoms in total. The number of hydrogen-bond donors (Lipinski definition) is 3. The van der Waals surface area contributed by atoms with E-state index in [-0.39, 0.29) is 6.03 Å². The van der Waals surface area contributed by atoms with Gasteiger partial charge in [-0.2, -0.15) is 0 Å². The lowest BCUT2D eigenvalue weighted by molar-refractivity contribution is 0.0499. The van der Waals surface area contributed by atoms with Crippen LogP contribution >= 0.6 is 0 Å². The fourth-order valence-electron chi connectivity index (χ4n) is 3.03. The first-order chi connectivity index (χ1) is 8.09. The van der Waals surface area contributed by atoms with Crippen molar-refractivity contribution in [2.24, 2.45) is 5.92 Å². The Labute approximate surface area is 103 Å². The molecule has 0 spiro atoms. The van der Waals surface area contributed by atoms with Crippen LogP contribution in [0.4, 0.5) is 4.79 Å². The molecule has 4 heteroatoms. The summed E-state index contributed by atoms with van der Waals surface area (Å²) < 4.78 is 0. The van der Waals surface area contributed by atoms with Crippen LogP contribution in [-0.4, -0.2) is 29.3 Å². The quantitative estimate of drug-likeness (QED) is 0.704. The monoisotopic (exact) mass is 240 g/mol. The minimum atomic E-state index is -0.654. The number of carbonyl (C=O) groups is 1. The van der Waals surface area contributed by atoms with Crippen LogP contribution in [0.5, 0.6) is 0 Å². The second-order valence-corrected chi connectivity index (χ2v) is 5.77. The van der Waals surface area contributed by atoms with Crippen molar-refractivity contribution >= 4 is 6.03 Å². The number of urea groups is 1. The zero-order chi connectivity index (χ0) is 12.3. The number of nitrogens with one attached hydrogen (secondary N) is 2. The third-order valence-corrected chi connectivity index (χ3v) is 4.29. The highest BCUT2D eigenvalue weighted by atomic mass is 16.3. The Morgan fingerprint density at radius 1 is 1.29 bits per heavy atom. The maximum atomic E-state index is 11.7. The first kappa shape index (κ1) is 12.7. The molecule has 0 aliphatic heterocycles. The van der Waals surface area contributed by atoms with Gasteiger partial charge in [0.15, 0.2) is 0 Å². The Kier molecular flexibility index (Phi) is 3.92. The molecular weight excluding hydrogens is 216 g/mol. The Morgan fingerprint density at radius 2 is 2.00 bits per heavy atom. The van der Waals surface area contributed by atoms with E-state index in [0.29, 0.717) is 18.5 Å². The third kappa shape index (κ3) is 3.35. The van der Waals surface area contributed by atoms with Crippen molar-refractivity contribution in [2.75, 3.05) is 6.54 Å². The number of aliphatic hydroxyl groups is 1. The van der Waals surface area contributed by atoms with Crippen LogP contribution in [-0.2, 0) is 0 Å². The predicted molar refractivity (Wildman–Crippen MR) is 66.8 cm³/mol. The summed E-state index contributed by atoms with van der Waals surface area (Å²) in [6.07, 6.45) is 7.25. The molecular formula is C13H24N2O2. The highest BCUT2D eigenvalue weighted by Gasteiger charge is 2.32. The van der Waals surface area contributed by atoms with Gasteiger partial charge in [0.25, 0.3) is 0 Å². The van der Waals surface area contributed by atoms with Crippen molar-refractivity contribution < 1.29 is 9.90 Å². The van der Waals surface area contributed by atoms with Gasteiger partial charge >= 0.3 is 6.03 Å². The molecule has 2 aliphatic rings. The van der Waals surface area contributed by atoms with E-state index in [9.17, 15) is 9.90 Å². The summed E-state index contributed by atoms with van der Waals surface area (Å²) in [7, 11) is 0. The van der Waals surface area contributed by atoms with E-state index in [1.54, 1.807) is 0 Å². The summed E-state index contributed by atoms with van der Waals surface area (Å²) >= 11 is 0. The first-order valence-electron chi connectivity index (χ1n) is 6.86. The van der Waals surface area contributed by atoms with Gasteiger partial charge in [0.1, 0.15) is 0 Å². The van der Waals surface area contributed by atoms with Crippen LogP contribution in [0.25, 0.3) is 0 Å². The topological polar surface area (TPSA) is 61.4 Å². The Morgan fingerprint density at radius 3 is 2.59 bits per heavy atom. The average molecular weight is 240 g/mol. The minimum absolute atomic E-state index is 0.121. The molecule has 0 saturated heterocycles. The number of rotatable bonds is 3. The van der Waals surface area contributed by atoms with Crippen molar-refractivity contribution in [3.8, 4) is 0 Å². The summed E-state index contributed by atoms with van der Waals surface area (Å²) in [5.41, 5.74) is -0.654. The maximum absolute atomic E-state index is 11.7. The zero-order valence-electron chi connectivity index (χ0n) is 10.7. The van der Waals surface area contributed by atoms with E-state index in [1.165, 1.54) is 12.8 Å². The van der Waals surface area contributed by atoms with Gasteiger partial charge in [-0.3, -0.25) is 0 Å². The first-order valence-corrected chi connectivity index (χ1v) is 6.86. The SMILES string of the molecule is CC1CCCC1NC(=O)NCC1(O)CCCC1. The van der Waals surface area contributed by atoms with Crippen molar-refractivity contribution in [1.29, 1.82) is 0 Å². The molecule has 2 saturated carbocycles. The van der Waals surface area contributed by atoms with E-state index in [0.717, 1.165) is 32.1 Å². The Bertz CT molecular complexity index is 275. The molecule has 2 amide bonds. The van der Waals surface area contributed by atoms with E-state index in [1.807, 2.05) is 0 Å². The standard InChI is InChI=1S/C13H24N2O2/c1-10-5-4-6-11(10)15-12(16)14-9-13(17)7-2-3-8-13/h10-11,17H,2-9H2,1H3,(H2,14,15,16). The van der Waals surface area contributed by atoms with Gasteiger partial charge in [-0.15, -0.1) is 0 Å². The van der Waals surface area contributed by atoms with Crippen LogP contribution in [0.1, 0.15) is 51.9 Å². The summed E-state index contributed by atoms with van der Waals surface area (Å²) in [5, 5.41) is 15.9. The molecule has 17 heavy (non-hydrogen) atoms. The average Bonchev–Trinajstić information content (AvgIpc) is 2.87. The predicted octanol–water partition coefficient (Wildman–Crippen LogP) is 1.78. The van der Waals surface area contributed by atoms with Crippen molar-refractivity contribution in [1.82, 2.24) is 10.6 Å². The number of carbonyl (C=O) groups excluding carboxylic acids is 1. The summed E-state index contributed by atoms with van der Waals surface area (Å²) in [6.45, 7) is 2.57. The van der Waals surface area contributed by atoms with Gasteiger partial charge in [0, 0.05) is 12.6 Å². The molecule has 2 rings (SSSR count). The minimum Gasteiger partial charge on any atom is -0.388 e. The summed E-state index contributed by atoms with van der Waals surface area (Å²) in [5.74, 6) is 0.579. The third-order valence-electron chi connectivity index (χ3n) is 4.29. The van der Waals surface area contributed by atoms with Crippen LogP contribution in [0.3, 0.4) is 0 Å². The van der Waals surface area contributed by atoms with Gasteiger partial charge in [0.2, 0.25) is 0 Å². The van der Waals surface area contributed by atoms with Crippen LogP contribution in [0.2, 0.25) is 0 Å². The molecule has 2 fully saturated rings. The van der Waals surface area contributed by atoms with Gasteiger partial charge in [-0.1, -0.05) is 26.2 Å². The lowest BCUT2D eigenvalue weighted by atomic mass is 10.0. The molecule has 0 aromatic carbocycles. The number of amides is 2. The molecule has 0 aromatic heterocycles. The molecule has 2 aliphatic carbocycles. The lowest BCUT2D eigenvalue weighted by Gasteiger charge is -2.24. The lowest BCUT2D eigenvalue weighted by Crippen LogP contribution is -2.48. The second kappa shape index (κ2) is 5.25. The molecule has 2 atom stereocenters. The fourth-order valence-corrected chi connectivity index (χ4v) is 3.03. The summed E-state index contributed by atoms with van der Waals surface area (Å²) in [4.78, 5) is 11.7. The largest absolute Gasteiger partial charge is 0.388 e. The van der Waals surface area contributed by atoms with E-state index >= 15 is 0 Å². The molecule has 98 valence electrons. The van der Waals surface area contributed by atoms with Crippen LogP contribution < -0.4 is 10.6 Å². The smallest absolute Gasteiger partial charge is 0.315 e. The summed E-state index contributed by atoms with van der Waals surface area (Å²) in [6, 6.07) is 0.192. The van der Waals surface area contributed by atoms with E-state index in [2.05, 4.69) is 17.6 Å². The highest BCUT2D eigenvalue weighted by Crippen LogP contribution is 2.28. The van der Waals surface area contributed by atoms with Crippen molar-refractivity contribution in [3.05, 3.63) is 0 Å². The van der Waals surface area contributed by atoms with Crippen molar-refractivity contribution in [2.45, 2.75) is 63.5 Å². The Hall–Kier alpha value is -0.770. The Balaban J connectivity index is 1.70. The van der Waals surface area contributed by atoms with E-state index in [4.69, 9.17) is 0 Å². The normalized spacial score (nSPS) is 31.4. The van der Waals surface area contributed by atoms with E-state index < -0.39 is 5.60 Å². The van der Waals surface area contributed by atoms with Gasteiger partial charge < -0.3 is 15.7 Å². The molecule has 0 radical (unpaired) electrons. The van der Waals surface area contributed by atoms with Gasteiger partial charge in [-0.25, -0.2) is 4.79 Å². The molecule has 3 N–H and O–H groups in total. The fraction of sp³-hybridized carbons (Fsp3) is 0.923. The number of hydrogen-bond acceptors (Lipinski definition) is 2. The van der Waals surface area contributed by atoms with Crippen molar-refractivity contribution in [3.63, 3.8) is 0 Å². The van der Waals surface area contributed by atoms with Gasteiger partial charge in [0.05, 0.1) is 5.60 Å². The maximum Gasteiger partial charge on any atom is 0.315 e.